The number of nitrogens with one attached hydrogen (secondary N) is 1. The molecule has 0 bridgehead atoms. The Labute approximate surface area is 133 Å². The number of phenolic OH excluding ortho intramolecular Hbond substituents is 2. The number of esters is 2. The molecule has 1 rings (SSSR count). The third-order valence-corrected chi connectivity index (χ3v) is 3.14. The van der Waals surface area contributed by atoms with Gasteiger partial charge in [-0.25, -0.2) is 4.79 Å². The second-order valence-corrected chi connectivity index (χ2v) is 4.71. The van der Waals surface area contributed by atoms with Crippen LogP contribution in [-0.2, 0) is 30.3 Å². The quantitative estimate of drug-likeness (QED) is 0.485. The number of hydrogen-bond donors (Lipinski definition) is 3. The van der Waals surface area contributed by atoms with Crippen LogP contribution in [0.4, 0.5) is 0 Å². The van der Waals surface area contributed by atoms with Gasteiger partial charge < -0.3 is 25.0 Å². The predicted molar refractivity (Wildman–Crippen MR) is 78.7 cm³/mol. The number of aromatic hydroxyl groups is 2. The van der Waals surface area contributed by atoms with Crippen molar-refractivity contribution in [2.75, 3.05) is 14.2 Å². The molecule has 126 valence electrons. The average Bonchev–Trinajstić information content (AvgIpc) is 2.54. The molecule has 0 spiro atoms. The number of benzene rings is 1. The molecule has 0 saturated carbocycles. The molecule has 1 amide bonds. The number of phenols is 2. The van der Waals surface area contributed by atoms with E-state index in [-0.39, 0.29) is 30.8 Å². The molecule has 1 atom stereocenters. The van der Waals surface area contributed by atoms with Gasteiger partial charge in [-0.1, -0.05) is 12.1 Å². The summed E-state index contributed by atoms with van der Waals surface area (Å²) < 4.78 is 8.98. The normalized spacial score (nSPS) is 11.4. The van der Waals surface area contributed by atoms with Gasteiger partial charge in [0, 0.05) is 6.42 Å². The first kappa shape index (κ1) is 18.3. The second kappa shape index (κ2) is 8.62. The molecular formula is C15H19NO7. The standard InChI is InChI=1S/C15H19NO7/c1-22-13(19)8-10(15(21)23-2)16-12(18)7-6-9-4-3-5-11(17)14(9)20/h3-5,10,17,20H,6-8H2,1-2H3,(H,16,18)/t10-/m0/s1. The minimum atomic E-state index is -1.14. The maximum absolute atomic E-state index is 11.9. The van der Waals surface area contributed by atoms with Crippen LogP contribution in [0.2, 0.25) is 0 Å². The first-order chi connectivity index (χ1) is 10.9. The second-order valence-electron chi connectivity index (χ2n) is 4.71. The lowest BCUT2D eigenvalue weighted by atomic mass is 10.1. The van der Waals surface area contributed by atoms with Crippen molar-refractivity contribution in [3.63, 3.8) is 0 Å². The summed E-state index contributed by atoms with van der Waals surface area (Å²) >= 11 is 0. The summed E-state index contributed by atoms with van der Waals surface area (Å²) in [6.07, 6.45) is -0.240. The Morgan fingerprint density at radius 3 is 2.48 bits per heavy atom. The average molecular weight is 325 g/mol. The van der Waals surface area contributed by atoms with Crippen LogP contribution < -0.4 is 5.32 Å². The van der Waals surface area contributed by atoms with E-state index in [0.717, 1.165) is 7.11 Å². The van der Waals surface area contributed by atoms with Crippen LogP contribution in [0, 0.1) is 0 Å². The molecule has 0 aliphatic heterocycles. The Balaban J connectivity index is 2.63. The Hall–Kier alpha value is -2.77. The topological polar surface area (TPSA) is 122 Å². The number of para-hydroxylation sites is 1. The summed E-state index contributed by atoms with van der Waals surface area (Å²) in [6, 6.07) is 3.28. The molecule has 0 aromatic heterocycles. The van der Waals surface area contributed by atoms with Gasteiger partial charge in [-0.05, 0) is 18.1 Å². The number of amides is 1. The van der Waals surface area contributed by atoms with Gasteiger partial charge in [0.25, 0.3) is 0 Å². The third-order valence-electron chi connectivity index (χ3n) is 3.14. The van der Waals surface area contributed by atoms with E-state index in [1.54, 1.807) is 6.07 Å². The van der Waals surface area contributed by atoms with Crippen LogP contribution in [0.5, 0.6) is 11.5 Å². The molecule has 0 radical (unpaired) electrons. The minimum Gasteiger partial charge on any atom is -0.504 e. The first-order valence-corrected chi connectivity index (χ1v) is 6.82. The summed E-state index contributed by atoms with van der Waals surface area (Å²) in [5, 5.41) is 21.4. The largest absolute Gasteiger partial charge is 0.504 e. The zero-order chi connectivity index (χ0) is 17.4. The van der Waals surface area contributed by atoms with Crippen molar-refractivity contribution in [1.29, 1.82) is 0 Å². The highest BCUT2D eigenvalue weighted by molar-refractivity contribution is 5.88. The molecule has 0 aliphatic rings. The molecule has 0 heterocycles. The van der Waals surface area contributed by atoms with E-state index < -0.39 is 23.9 Å². The third kappa shape index (κ3) is 5.50. The summed E-state index contributed by atoms with van der Waals surface area (Å²) in [7, 11) is 2.31. The Morgan fingerprint density at radius 2 is 1.87 bits per heavy atom. The summed E-state index contributed by atoms with van der Waals surface area (Å²) in [4.78, 5) is 34.7. The van der Waals surface area contributed by atoms with Gasteiger partial charge in [0.05, 0.1) is 20.6 Å². The van der Waals surface area contributed by atoms with E-state index in [1.807, 2.05) is 0 Å². The molecule has 1 aromatic carbocycles. The van der Waals surface area contributed by atoms with Crippen molar-refractivity contribution in [3.05, 3.63) is 23.8 Å². The van der Waals surface area contributed by atoms with Crippen LogP contribution in [-0.4, -0.2) is 48.3 Å². The highest BCUT2D eigenvalue weighted by atomic mass is 16.5. The van der Waals surface area contributed by atoms with Crippen molar-refractivity contribution in [3.8, 4) is 11.5 Å². The number of methoxy groups -OCH3 is 2. The molecule has 23 heavy (non-hydrogen) atoms. The van der Waals surface area contributed by atoms with Gasteiger partial charge in [0.1, 0.15) is 6.04 Å². The van der Waals surface area contributed by atoms with E-state index in [2.05, 4.69) is 14.8 Å². The number of carbonyl (C=O) groups excluding carboxylic acids is 3. The fraction of sp³-hybridized carbons (Fsp3) is 0.400. The van der Waals surface area contributed by atoms with Crippen LogP contribution in [0.25, 0.3) is 0 Å². The van der Waals surface area contributed by atoms with Gasteiger partial charge in [0.2, 0.25) is 5.91 Å². The van der Waals surface area contributed by atoms with Crippen molar-refractivity contribution in [2.45, 2.75) is 25.3 Å². The monoisotopic (exact) mass is 325 g/mol. The minimum absolute atomic E-state index is 0.0499. The van der Waals surface area contributed by atoms with Crippen LogP contribution in [0.15, 0.2) is 18.2 Å². The smallest absolute Gasteiger partial charge is 0.328 e. The van der Waals surface area contributed by atoms with E-state index in [1.165, 1.54) is 19.2 Å². The molecule has 0 saturated heterocycles. The number of carbonyl (C=O) groups is 3. The molecule has 0 fully saturated rings. The van der Waals surface area contributed by atoms with E-state index in [9.17, 15) is 24.6 Å². The van der Waals surface area contributed by atoms with E-state index in [4.69, 9.17) is 0 Å². The predicted octanol–water partition coefficient (Wildman–Crippen LogP) is 0.251. The van der Waals surface area contributed by atoms with Gasteiger partial charge in [-0.15, -0.1) is 0 Å². The molecule has 0 unspecified atom stereocenters. The maximum atomic E-state index is 11.9. The molecule has 0 aliphatic carbocycles. The summed E-state index contributed by atoms with van der Waals surface area (Å²) in [6.45, 7) is 0. The van der Waals surface area contributed by atoms with Crippen molar-refractivity contribution in [1.82, 2.24) is 5.32 Å². The lowest BCUT2D eigenvalue weighted by Gasteiger charge is -2.15. The fourth-order valence-electron chi connectivity index (χ4n) is 1.88. The summed E-state index contributed by atoms with van der Waals surface area (Å²) in [5.74, 6) is -2.50. The maximum Gasteiger partial charge on any atom is 0.328 e. The molecular weight excluding hydrogens is 306 g/mol. The summed E-state index contributed by atoms with van der Waals surface area (Å²) in [5.41, 5.74) is 0.391. The first-order valence-electron chi connectivity index (χ1n) is 6.82. The van der Waals surface area contributed by atoms with Crippen LogP contribution in [0.1, 0.15) is 18.4 Å². The van der Waals surface area contributed by atoms with Crippen LogP contribution >= 0.6 is 0 Å². The zero-order valence-corrected chi connectivity index (χ0v) is 12.9. The Kier molecular flexibility index (Phi) is 6.85. The van der Waals surface area contributed by atoms with Gasteiger partial charge in [-0.3, -0.25) is 9.59 Å². The molecule has 3 N–H and O–H groups in total. The Bertz CT molecular complexity index is 585. The highest BCUT2D eigenvalue weighted by Gasteiger charge is 2.25. The van der Waals surface area contributed by atoms with Gasteiger partial charge in [0.15, 0.2) is 11.5 Å². The molecule has 1 aromatic rings. The van der Waals surface area contributed by atoms with Crippen molar-refractivity contribution >= 4 is 17.8 Å². The Morgan fingerprint density at radius 1 is 1.17 bits per heavy atom. The lowest BCUT2D eigenvalue weighted by molar-refractivity contribution is -0.150. The van der Waals surface area contributed by atoms with Gasteiger partial charge >= 0.3 is 11.9 Å². The number of aryl methyl sites for hydroxylation is 1. The fourth-order valence-corrected chi connectivity index (χ4v) is 1.88. The van der Waals surface area contributed by atoms with E-state index in [0.29, 0.717) is 5.56 Å². The highest BCUT2D eigenvalue weighted by Crippen LogP contribution is 2.28. The van der Waals surface area contributed by atoms with Gasteiger partial charge in [-0.2, -0.15) is 0 Å². The SMILES string of the molecule is COC(=O)C[C@H](NC(=O)CCc1cccc(O)c1O)C(=O)OC. The number of hydrogen-bond acceptors (Lipinski definition) is 7. The van der Waals surface area contributed by atoms with Crippen molar-refractivity contribution < 1.29 is 34.1 Å². The molecule has 8 nitrogen and oxygen atoms in total. The lowest BCUT2D eigenvalue weighted by Crippen LogP contribution is -2.43. The van der Waals surface area contributed by atoms with Crippen molar-refractivity contribution in [2.24, 2.45) is 0 Å². The molecule has 8 heteroatoms. The zero-order valence-electron chi connectivity index (χ0n) is 12.9. The number of ether oxygens (including phenoxy) is 2. The van der Waals surface area contributed by atoms with Crippen LogP contribution in [0.3, 0.4) is 0 Å². The van der Waals surface area contributed by atoms with E-state index >= 15 is 0 Å². The number of rotatable bonds is 7.